The Balaban J connectivity index is 2.09. The number of aromatic nitrogens is 1. The number of fused-ring (bicyclic) bond motifs is 1. The quantitative estimate of drug-likeness (QED) is 0.586. The number of halogens is 2. The second-order valence-electron chi connectivity index (χ2n) is 5.24. The lowest BCUT2D eigenvalue weighted by atomic mass is 10.0. The van der Waals surface area contributed by atoms with E-state index in [1.165, 1.54) is 0 Å². The molecule has 0 saturated heterocycles. The minimum absolute atomic E-state index is 0.498. The van der Waals surface area contributed by atoms with Gasteiger partial charge < -0.3 is 10.3 Å². The predicted octanol–water partition coefficient (Wildman–Crippen LogP) is 5.25. The van der Waals surface area contributed by atoms with Crippen LogP contribution < -0.4 is 5.32 Å². The van der Waals surface area contributed by atoms with E-state index in [-0.39, 0.29) is 0 Å². The van der Waals surface area contributed by atoms with Gasteiger partial charge in [0.2, 0.25) is 0 Å². The maximum Gasteiger partial charge on any atom is 0.0635 e. The van der Waals surface area contributed by atoms with Crippen LogP contribution >= 0.6 is 27.5 Å². The summed E-state index contributed by atoms with van der Waals surface area (Å²) in [6.45, 7) is 1.35. The van der Waals surface area contributed by atoms with E-state index in [2.05, 4.69) is 44.4 Å². The van der Waals surface area contributed by atoms with E-state index in [1.807, 2.05) is 30.3 Å². The van der Waals surface area contributed by atoms with Crippen LogP contribution in [0.25, 0.3) is 22.0 Å². The van der Waals surface area contributed by atoms with E-state index in [0.29, 0.717) is 24.5 Å². The van der Waals surface area contributed by atoms with Crippen LogP contribution in [0.2, 0.25) is 5.02 Å². The molecule has 0 saturated carbocycles. The number of rotatable bonds is 5. The molecule has 0 unspecified atom stereocenters. The van der Waals surface area contributed by atoms with Gasteiger partial charge in [-0.15, -0.1) is 0 Å². The topological polar surface area (TPSA) is 51.6 Å². The molecule has 0 radical (unpaired) electrons. The molecule has 5 heteroatoms. The Morgan fingerprint density at radius 2 is 2.00 bits per heavy atom. The Morgan fingerprint density at radius 3 is 2.74 bits per heavy atom. The molecule has 3 nitrogen and oxygen atoms in total. The Hall–Kier alpha value is -1.80. The number of aromatic amines is 1. The van der Waals surface area contributed by atoms with Crippen LogP contribution in [-0.2, 0) is 6.54 Å². The third kappa shape index (κ3) is 3.42. The van der Waals surface area contributed by atoms with Gasteiger partial charge in [-0.2, -0.15) is 5.26 Å². The van der Waals surface area contributed by atoms with Gasteiger partial charge in [0, 0.05) is 46.1 Å². The zero-order chi connectivity index (χ0) is 16.2. The van der Waals surface area contributed by atoms with Gasteiger partial charge in [-0.25, -0.2) is 0 Å². The molecule has 0 amide bonds. The van der Waals surface area contributed by atoms with Crippen molar-refractivity contribution in [2.45, 2.75) is 13.0 Å². The Kier molecular flexibility index (Phi) is 5.02. The maximum atomic E-state index is 8.65. The van der Waals surface area contributed by atoms with Crippen LogP contribution in [0.5, 0.6) is 0 Å². The lowest BCUT2D eigenvalue weighted by Crippen LogP contribution is -2.14. The molecule has 0 aliphatic heterocycles. The molecule has 1 aromatic heterocycles. The molecule has 0 atom stereocenters. The third-order valence-electron chi connectivity index (χ3n) is 3.69. The van der Waals surface area contributed by atoms with E-state index in [9.17, 15) is 0 Å². The number of hydrogen-bond acceptors (Lipinski definition) is 2. The van der Waals surface area contributed by atoms with Crippen LogP contribution in [0.15, 0.2) is 46.9 Å². The van der Waals surface area contributed by atoms with Gasteiger partial charge in [-0.05, 0) is 33.6 Å². The highest BCUT2D eigenvalue weighted by atomic mass is 79.9. The van der Waals surface area contributed by atoms with E-state index in [1.54, 1.807) is 0 Å². The van der Waals surface area contributed by atoms with Gasteiger partial charge in [-0.1, -0.05) is 41.9 Å². The Morgan fingerprint density at radius 1 is 1.22 bits per heavy atom. The summed E-state index contributed by atoms with van der Waals surface area (Å²) < 4.78 is 0.872. The van der Waals surface area contributed by atoms with E-state index in [0.717, 1.165) is 32.2 Å². The second kappa shape index (κ2) is 7.18. The van der Waals surface area contributed by atoms with Gasteiger partial charge in [0.25, 0.3) is 0 Å². The first-order chi connectivity index (χ1) is 11.2. The first kappa shape index (κ1) is 16.1. The molecule has 0 spiro atoms. The highest BCUT2D eigenvalue weighted by molar-refractivity contribution is 9.10. The summed E-state index contributed by atoms with van der Waals surface area (Å²) in [5, 5.41) is 13.7. The monoisotopic (exact) mass is 387 g/mol. The number of benzene rings is 2. The van der Waals surface area contributed by atoms with Crippen molar-refractivity contribution in [3.05, 3.63) is 57.7 Å². The summed E-state index contributed by atoms with van der Waals surface area (Å²) >= 11 is 9.77. The first-order valence-corrected chi connectivity index (χ1v) is 8.50. The number of hydrogen-bond donors (Lipinski definition) is 2. The molecule has 116 valence electrons. The fourth-order valence-corrected chi connectivity index (χ4v) is 3.18. The van der Waals surface area contributed by atoms with Crippen molar-refractivity contribution in [3.63, 3.8) is 0 Å². The molecule has 1 heterocycles. The fraction of sp³-hybridized carbons (Fsp3) is 0.167. The Bertz CT molecular complexity index is 865. The second-order valence-corrected chi connectivity index (χ2v) is 6.50. The maximum absolute atomic E-state index is 8.65. The highest BCUT2D eigenvalue weighted by Gasteiger charge is 2.14. The summed E-state index contributed by atoms with van der Waals surface area (Å²) in [4.78, 5) is 3.47. The van der Waals surface area contributed by atoms with Crippen LogP contribution in [0.1, 0.15) is 12.1 Å². The van der Waals surface area contributed by atoms with E-state index >= 15 is 0 Å². The average Bonchev–Trinajstić information content (AvgIpc) is 2.90. The SMILES string of the molecule is N#CCCNCc1[nH]c2cc(Br)c(Cl)cc2c1-c1ccccc1. The van der Waals surface area contributed by atoms with Crippen molar-refractivity contribution in [1.82, 2.24) is 10.3 Å². The van der Waals surface area contributed by atoms with Crippen molar-refractivity contribution >= 4 is 38.4 Å². The summed E-state index contributed by atoms with van der Waals surface area (Å²) in [6.07, 6.45) is 0.498. The molecule has 0 fully saturated rings. The number of H-pyrrole nitrogens is 1. The van der Waals surface area contributed by atoms with Gasteiger partial charge >= 0.3 is 0 Å². The zero-order valence-corrected chi connectivity index (χ0v) is 14.7. The predicted molar refractivity (Wildman–Crippen MR) is 98.4 cm³/mol. The standard InChI is InChI=1S/C18H15BrClN3/c19-14-10-16-13(9-15(14)20)18(12-5-2-1-3-6-12)17(23-16)11-22-8-4-7-21/h1-3,5-6,9-10,22-23H,4,8,11H2. The number of nitriles is 1. The lowest BCUT2D eigenvalue weighted by molar-refractivity contribution is 0.690. The van der Waals surface area contributed by atoms with Gasteiger partial charge in [-0.3, -0.25) is 0 Å². The zero-order valence-electron chi connectivity index (χ0n) is 12.4. The van der Waals surface area contributed by atoms with Crippen LogP contribution in [0.4, 0.5) is 0 Å². The highest BCUT2D eigenvalue weighted by Crippen LogP contribution is 2.36. The minimum atomic E-state index is 0.498. The van der Waals surface area contributed by atoms with E-state index in [4.69, 9.17) is 16.9 Å². The molecule has 23 heavy (non-hydrogen) atoms. The minimum Gasteiger partial charge on any atom is -0.357 e. The molecular weight excluding hydrogens is 374 g/mol. The van der Waals surface area contributed by atoms with Crippen molar-refractivity contribution in [2.75, 3.05) is 6.54 Å². The smallest absolute Gasteiger partial charge is 0.0635 e. The summed E-state index contributed by atoms with van der Waals surface area (Å²) in [6, 6.07) is 16.4. The first-order valence-electron chi connectivity index (χ1n) is 7.33. The van der Waals surface area contributed by atoms with Crippen molar-refractivity contribution in [3.8, 4) is 17.2 Å². The van der Waals surface area contributed by atoms with Crippen LogP contribution in [0.3, 0.4) is 0 Å². The number of nitrogens with one attached hydrogen (secondary N) is 2. The molecule has 0 aliphatic carbocycles. The summed E-state index contributed by atoms with van der Waals surface area (Å²) in [5.74, 6) is 0. The molecule has 0 bridgehead atoms. The molecule has 2 aromatic carbocycles. The van der Waals surface area contributed by atoms with Crippen LogP contribution in [0, 0.1) is 11.3 Å². The van der Waals surface area contributed by atoms with Crippen LogP contribution in [-0.4, -0.2) is 11.5 Å². The van der Waals surface area contributed by atoms with Crippen molar-refractivity contribution in [2.24, 2.45) is 0 Å². The molecule has 0 aliphatic rings. The third-order valence-corrected chi connectivity index (χ3v) is 4.89. The summed E-state index contributed by atoms with van der Waals surface area (Å²) in [5.41, 5.74) is 4.43. The molecule has 2 N–H and O–H groups in total. The molecule has 3 aromatic rings. The number of nitrogens with zero attached hydrogens (tertiary/aromatic N) is 1. The largest absolute Gasteiger partial charge is 0.357 e. The normalized spacial score (nSPS) is 10.8. The van der Waals surface area contributed by atoms with Gasteiger partial charge in [0.05, 0.1) is 11.1 Å². The Labute approximate surface area is 148 Å². The fourth-order valence-electron chi connectivity index (χ4n) is 2.67. The van der Waals surface area contributed by atoms with Gasteiger partial charge in [0.15, 0.2) is 0 Å². The van der Waals surface area contributed by atoms with Crippen molar-refractivity contribution in [1.29, 1.82) is 5.26 Å². The van der Waals surface area contributed by atoms with Gasteiger partial charge in [0.1, 0.15) is 0 Å². The van der Waals surface area contributed by atoms with E-state index < -0.39 is 0 Å². The average molecular weight is 389 g/mol. The molecular formula is C18H15BrClN3. The molecule has 3 rings (SSSR count). The summed E-state index contributed by atoms with van der Waals surface area (Å²) in [7, 11) is 0. The lowest BCUT2D eigenvalue weighted by Gasteiger charge is -2.06. The van der Waals surface area contributed by atoms with Crippen molar-refractivity contribution < 1.29 is 0 Å².